The molecule has 0 saturated heterocycles. The van der Waals surface area contributed by atoms with Crippen LogP contribution in [0.15, 0.2) is 18.2 Å². The summed E-state index contributed by atoms with van der Waals surface area (Å²) < 4.78 is 5.98. The van der Waals surface area contributed by atoms with Gasteiger partial charge in [0.1, 0.15) is 11.4 Å². The van der Waals surface area contributed by atoms with E-state index in [-0.39, 0.29) is 24.3 Å². The number of aryl methyl sites for hydroxylation is 1. The third-order valence-electron chi connectivity index (χ3n) is 3.25. The van der Waals surface area contributed by atoms with Gasteiger partial charge in [-0.05, 0) is 59.1 Å². The Morgan fingerprint density at radius 2 is 2.04 bits per heavy atom. The molecule has 0 fully saturated rings. The Balaban J connectivity index is 2.61. The first-order valence-corrected chi connectivity index (χ1v) is 8.15. The molecule has 1 rings (SSSR count). The summed E-state index contributed by atoms with van der Waals surface area (Å²) in [6.45, 7) is 10.5. The van der Waals surface area contributed by atoms with E-state index < -0.39 is 0 Å². The largest absolute Gasteiger partial charge is 0.488 e. The van der Waals surface area contributed by atoms with Crippen molar-refractivity contribution in [3.8, 4) is 5.75 Å². The number of rotatable bonds is 7. The molecule has 130 valence electrons. The van der Waals surface area contributed by atoms with Crippen LogP contribution in [0.25, 0.3) is 0 Å². The number of urea groups is 1. The summed E-state index contributed by atoms with van der Waals surface area (Å²) in [7, 11) is 0. The Labute approximate surface area is 139 Å². The van der Waals surface area contributed by atoms with Crippen molar-refractivity contribution in [2.24, 2.45) is 0 Å². The summed E-state index contributed by atoms with van der Waals surface area (Å²) in [5.74, 6) is 0.797. The zero-order chi connectivity index (χ0) is 17.5. The van der Waals surface area contributed by atoms with E-state index in [2.05, 4.69) is 10.6 Å². The standard InChI is InChI=1S/C18H30N2O3/c1-13-8-9-15(16(11-13)23-18(3,4)5)12-19-17(22)20-14(2)7-6-10-21/h8-9,11,14,21H,6-7,10,12H2,1-5H3,(H2,19,20,22). The van der Waals surface area contributed by atoms with Crippen LogP contribution in [0.5, 0.6) is 5.75 Å². The SMILES string of the molecule is Cc1ccc(CNC(=O)NC(C)CCCO)c(OC(C)(C)C)c1. The van der Waals surface area contributed by atoms with Crippen molar-refractivity contribution in [1.82, 2.24) is 10.6 Å². The van der Waals surface area contributed by atoms with Crippen molar-refractivity contribution in [2.75, 3.05) is 6.61 Å². The topological polar surface area (TPSA) is 70.6 Å². The maximum absolute atomic E-state index is 11.9. The van der Waals surface area contributed by atoms with Crippen LogP contribution in [-0.2, 0) is 6.54 Å². The van der Waals surface area contributed by atoms with Gasteiger partial charge in [-0.15, -0.1) is 0 Å². The molecule has 5 heteroatoms. The summed E-state index contributed by atoms with van der Waals surface area (Å²) in [6.07, 6.45) is 1.44. The molecule has 0 aromatic heterocycles. The van der Waals surface area contributed by atoms with Gasteiger partial charge < -0.3 is 20.5 Å². The molecule has 0 saturated carbocycles. The summed E-state index contributed by atoms with van der Waals surface area (Å²) in [6, 6.07) is 5.80. The number of benzene rings is 1. The van der Waals surface area contributed by atoms with E-state index in [4.69, 9.17) is 9.84 Å². The van der Waals surface area contributed by atoms with Gasteiger partial charge in [0.05, 0.1) is 0 Å². The van der Waals surface area contributed by atoms with E-state index in [1.54, 1.807) is 0 Å². The molecule has 0 bridgehead atoms. The monoisotopic (exact) mass is 322 g/mol. The highest BCUT2D eigenvalue weighted by molar-refractivity contribution is 5.74. The van der Waals surface area contributed by atoms with Crippen LogP contribution in [0.2, 0.25) is 0 Å². The number of hydrogen-bond acceptors (Lipinski definition) is 3. The maximum Gasteiger partial charge on any atom is 0.315 e. The summed E-state index contributed by atoms with van der Waals surface area (Å²) >= 11 is 0. The second kappa shape index (κ2) is 8.77. The number of ether oxygens (including phenoxy) is 1. The van der Waals surface area contributed by atoms with E-state index >= 15 is 0 Å². The van der Waals surface area contributed by atoms with Gasteiger partial charge in [-0.1, -0.05) is 12.1 Å². The first-order chi connectivity index (χ1) is 10.7. The number of carbonyl (C=O) groups excluding carboxylic acids is 1. The van der Waals surface area contributed by atoms with Crippen LogP contribution in [0.3, 0.4) is 0 Å². The molecule has 0 spiro atoms. The van der Waals surface area contributed by atoms with Crippen LogP contribution in [0, 0.1) is 6.92 Å². The van der Waals surface area contributed by atoms with E-state index in [0.717, 1.165) is 23.3 Å². The molecule has 3 N–H and O–H groups in total. The Hall–Kier alpha value is -1.75. The minimum Gasteiger partial charge on any atom is -0.488 e. The summed E-state index contributed by atoms with van der Waals surface area (Å²) in [4.78, 5) is 11.9. The van der Waals surface area contributed by atoms with Gasteiger partial charge >= 0.3 is 6.03 Å². The number of nitrogens with one attached hydrogen (secondary N) is 2. The van der Waals surface area contributed by atoms with Crippen molar-refractivity contribution >= 4 is 6.03 Å². The predicted octanol–water partition coefficient (Wildman–Crippen LogP) is 3.13. The average Bonchev–Trinajstić information content (AvgIpc) is 2.42. The van der Waals surface area contributed by atoms with Gasteiger partial charge in [0.2, 0.25) is 0 Å². The Morgan fingerprint density at radius 3 is 2.65 bits per heavy atom. The van der Waals surface area contributed by atoms with E-state index in [1.165, 1.54) is 0 Å². The number of aliphatic hydroxyl groups excluding tert-OH is 1. The molecule has 0 aliphatic heterocycles. The normalized spacial score (nSPS) is 12.6. The average molecular weight is 322 g/mol. The molecule has 5 nitrogen and oxygen atoms in total. The molecule has 1 atom stereocenters. The van der Waals surface area contributed by atoms with Gasteiger partial charge in [-0.2, -0.15) is 0 Å². The zero-order valence-electron chi connectivity index (χ0n) is 14.9. The first kappa shape index (κ1) is 19.3. The molecular weight excluding hydrogens is 292 g/mol. The fraction of sp³-hybridized carbons (Fsp3) is 0.611. The number of carbonyl (C=O) groups is 1. The minimum atomic E-state index is -0.288. The van der Waals surface area contributed by atoms with E-state index in [1.807, 2.05) is 52.8 Å². The second-order valence-electron chi connectivity index (χ2n) is 6.92. The number of aliphatic hydroxyl groups is 1. The fourth-order valence-electron chi connectivity index (χ4n) is 2.15. The number of amides is 2. The summed E-state index contributed by atoms with van der Waals surface area (Å²) in [5, 5.41) is 14.5. The van der Waals surface area contributed by atoms with E-state index in [9.17, 15) is 4.79 Å². The molecule has 0 aliphatic carbocycles. The van der Waals surface area contributed by atoms with Crippen LogP contribution in [0.4, 0.5) is 4.79 Å². The first-order valence-electron chi connectivity index (χ1n) is 8.15. The minimum absolute atomic E-state index is 0.0328. The molecule has 0 aliphatic rings. The highest BCUT2D eigenvalue weighted by Crippen LogP contribution is 2.24. The third-order valence-corrected chi connectivity index (χ3v) is 3.25. The lowest BCUT2D eigenvalue weighted by Crippen LogP contribution is -2.40. The lowest BCUT2D eigenvalue weighted by Gasteiger charge is -2.24. The van der Waals surface area contributed by atoms with Gasteiger partial charge in [-0.3, -0.25) is 0 Å². The molecule has 0 heterocycles. The predicted molar refractivity (Wildman–Crippen MR) is 92.7 cm³/mol. The Morgan fingerprint density at radius 1 is 1.35 bits per heavy atom. The van der Waals surface area contributed by atoms with Gasteiger partial charge in [0.25, 0.3) is 0 Å². The lowest BCUT2D eigenvalue weighted by molar-refractivity contribution is 0.129. The molecule has 23 heavy (non-hydrogen) atoms. The smallest absolute Gasteiger partial charge is 0.315 e. The van der Waals surface area contributed by atoms with Crippen molar-refractivity contribution in [3.63, 3.8) is 0 Å². The van der Waals surface area contributed by atoms with Crippen molar-refractivity contribution in [3.05, 3.63) is 29.3 Å². The van der Waals surface area contributed by atoms with Gasteiger partial charge in [-0.25, -0.2) is 4.79 Å². The van der Waals surface area contributed by atoms with Crippen LogP contribution in [0.1, 0.15) is 51.7 Å². The zero-order valence-corrected chi connectivity index (χ0v) is 14.9. The quantitative estimate of drug-likeness (QED) is 0.722. The second-order valence-corrected chi connectivity index (χ2v) is 6.92. The lowest BCUT2D eigenvalue weighted by atomic mass is 10.1. The maximum atomic E-state index is 11.9. The molecule has 0 radical (unpaired) electrons. The Kier molecular flexibility index (Phi) is 7.36. The van der Waals surface area contributed by atoms with Crippen LogP contribution >= 0.6 is 0 Å². The highest BCUT2D eigenvalue weighted by atomic mass is 16.5. The molecule has 1 aromatic carbocycles. The van der Waals surface area contributed by atoms with Gasteiger partial charge in [0, 0.05) is 24.8 Å². The molecule has 1 unspecified atom stereocenters. The van der Waals surface area contributed by atoms with Crippen molar-refractivity contribution in [2.45, 2.75) is 65.6 Å². The fourth-order valence-corrected chi connectivity index (χ4v) is 2.15. The van der Waals surface area contributed by atoms with Crippen LogP contribution < -0.4 is 15.4 Å². The van der Waals surface area contributed by atoms with Gasteiger partial charge in [0.15, 0.2) is 0 Å². The third kappa shape index (κ3) is 7.88. The highest BCUT2D eigenvalue weighted by Gasteiger charge is 2.15. The van der Waals surface area contributed by atoms with Crippen molar-refractivity contribution < 1.29 is 14.6 Å². The Bertz CT molecular complexity index is 509. The molecule has 2 amide bonds. The number of hydrogen-bond donors (Lipinski definition) is 3. The molecular formula is C18H30N2O3. The van der Waals surface area contributed by atoms with Crippen LogP contribution in [-0.4, -0.2) is 29.4 Å². The van der Waals surface area contributed by atoms with Crippen molar-refractivity contribution in [1.29, 1.82) is 0 Å². The summed E-state index contributed by atoms with van der Waals surface area (Å²) in [5.41, 5.74) is 1.78. The van der Waals surface area contributed by atoms with E-state index in [0.29, 0.717) is 13.0 Å². The molecule has 1 aromatic rings.